The monoisotopic (exact) mass is 466 g/mol. The maximum absolute atomic E-state index is 12.4. The first-order valence-electron chi connectivity index (χ1n) is 5.63. The summed E-state index contributed by atoms with van der Waals surface area (Å²) in [5.74, 6) is 0. The molecular formula is C13H12BrIN2O2S. The summed E-state index contributed by atoms with van der Waals surface area (Å²) in [6.45, 7) is 1.73. The molecular weight excluding hydrogens is 455 g/mol. The van der Waals surface area contributed by atoms with E-state index in [1.807, 2.05) is 12.1 Å². The normalized spacial score (nSPS) is 11.3. The predicted molar refractivity (Wildman–Crippen MR) is 93.3 cm³/mol. The third-order valence-electron chi connectivity index (χ3n) is 2.68. The van der Waals surface area contributed by atoms with Gasteiger partial charge in [-0.2, -0.15) is 0 Å². The van der Waals surface area contributed by atoms with Gasteiger partial charge in [-0.3, -0.25) is 4.72 Å². The average molecular weight is 467 g/mol. The molecule has 0 heterocycles. The first-order valence-corrected chi connectivity index (χ1v) is 8.99. The molecule has 0 unspecified atom stereocenters. The van der Waals surface area contributed by atoms with E-state index in [1.54, 1.807) is 25.1 Å². The fourth-order valence-electron chi connectivity index (χ4n) is 1.69. The first kappa shape index (κ1) is 15.6. The summed E-state index contributed by atoms with van der Waals surface area (Å²) < 4.78 is 29.0. The molecule has 0 fully saturated rings. The molecule has 3 N–H and O–H groups in total. The molecule has 0 aliphatic carbocycles. The Balaban J connectivity index is 2.40. The van der Waals surface area contributed by atoms with Crippen molar-refractivity contribution in [1.82, 2.24) is 0 Å². The Bertz CT molecular complexity index is 746. The lowest BCUT2D eigenvalue weighted by atomic mass is 10.2. The summed E-state index contributed by atoms with van der Waals surface area (Å²) in [5.41, 5.74) is 7.30. The van der Waals surface area contributed by atoms with E-state index in [0.717, 1.165) is 3.57 Å². The lowest BCUT2D eigenvalue weighted by molar-refractivity contribution is 0.600. The number of sulfonamides is 1. The van der Waals surface area contributed by atoms with Gasteiger partial charge >= 0.3 is 0 Å². The molecule has 0 aliphatic heterocycles. The van der Waals surface area contributed by atoms with Gasteiger partial charge in [0.2, 0.25) is 0 Å². The van der Waals surface area contributed by atoms with Crippen molar-refractivity contribution in [2.45, 2.75) is 11.8 Å². The van der Waals surface area contributed by atoms with Crippen molar-refractivity contribution in [3.63, 3.8) is 0 Å². The van der Waals surface area contributed by atoms with Crippen LogP contribution in [0.25, 0.3) is 0 Å². The molecule has 2 aromatic carbocycles. The molecule has 4 nitrogen and oxygen atoms in total. The molecule has 20 heavy (non-hydrogen) atoms. The van der Waals surface area contributed by atoms with E-state index in [1.165, 1.54) is 6.07 Å². The molecule has 0 bridgehead atoms. The van der Waals surface area contributed by atoms with Crippen molar-refractivity contribution in [3.8, 4) is 0 Å². The zero-order valence-corrected chi connectivity index (χ0v) is 15.1. The van der Waals surface area contributed by atoms with Gasteiger partial charge in [-0.1, -0.05) is 0 Å². The standard InChI is InChI=1S/C13H12BrIN2O2S/c1-8-6-11(14)12(16)7-13(8)20(18,19)17-10-4-2-9(15)3-5-10/h2-7,17H,16H2,1H3. The Labute approximate surface area is 140 Å². The molecule has 0 amide bonds. The van der Waals surface area contributed by atoms with Crippen LogP contribution in [0.2, 0.25) is 0 Å². The summed E-state index contributed by atoms with van der Waals surface area (Å²) in [6, 6.07) is 10.3. The van der Waals surface area contributed by atoms with Crippen LogP contribution in [-0.4, -0.2) is 8.42 Å². The Morgan fingerprint density at radius 2 is 1.80 bits per heavy atom. The number of nitrogen functional groups attached to an aromatic ring is 1. The Kier molecular flexibility index (Phi) is 4.60. The first-order chi connectivity index (χ1) is 9.29. The second-order valence-electron chi connectivity index (χ2n) is 4.25. The number of hydrogen-bond acceptors (Lipinski definition) is 3. The minimum absolute atomic E-state index is 0.178. The van der Waals surface area contributed by atoms with Gasteiger partial charge in [0, 0.05) is 19.4 Å². The Morgan fingerprint density at radius 1 is 1.20 bits per heavy atom. The molecule has 0 radical (unpaired) electrons. The molecule has 7 heteroatoms. The lowest BCUT2D eigenvalue weighted by Gasteiger charge is -2.12. The molecule has 0 atom stereocenters. The van der Waals surface area contributed by atoms with E-state index in [4.69, 9.17) is 5.73 Å². The molecule has 2 rings (SSSR count). The van der Waals surface area contributed by atoms with Gasteiger partial charge in [0.1, 0.15) is 0 Å². The van der Waals surface area contributed by atoms with Gasteiger partial charge in [-0.25, -0.2) is 8.42 Å². The average Bonchev–Trinajstić information content (AvgIpc) is 2.36. The van der Waals surface area contributed by atoms with Crippen molar-refractivity contribution < 1.29 is 8.42 Å². The highest BCUT2D eigenvalue weighted by Gasteiger charge is 2.18. The van der Waals surface area contributed by atoms with Crippen molar-refractivity contribution in [1.29, 1.82) is 0 Å². The van der Waals surface area contributed by atoms with Gasteiger partial charge in [0.25, 0.3) is 10.0 Å². The maximum Gasteiger partial charge on any atom is 0.262 e. The fraction of sp³-hybridized carbons (Fsp3) is 0.0769. The number of benzene rings is 2. The predicted octanol–water partition coefficient (Wildman–Crippen LogP) is 3.75. The van der Waals surface area contributed by atoms with Crippen molar-refractivity contribution in [3.05, 3.63) is 50.0 Å². The van der Waals surface area contributed by atoms with Crippen LogP contribution in [-0.2, 0) is 10.0 Å². The maximum atomic E-state index is 12.4. The third-order valence-corrected chi connectivity index (χ3v) is 5.61. The minimum atomic E-state index is -3.65. The van der Waals surface area contributed by atoms with E-state index in [0.29, 0.717) is 21.4 Å². The van der Waals surface area contributed by atoms with Gasteiger partial charge < -0.3 is 5.73 Å². The van der Waals surface area contributed by atoms with Crippen LogP contribution in [0.15, 0.2) is 45.8 Å². The quantitative estimate of drug-likeness (QED) is 0.534. The van der Waals surface area contributed by atoms with Crippen LogP contribution in [0.1, 0.15) is 5.56 Å². The minimum Gasteiger partial charge on any atom is -0.398 e. The number of nitrogens with one attached hydrogen (secondary N) is 1. The van der Waals surface area contributed by atoms with E-state index in [2.05, 4.69) is 43.2 Å². The Hall–Kier alpha value is -0.800. The molecule has 2 aromatic rings. The second-order valence-corrected chi connectivity index (χ2v) is 8.00. The smallest absolute Gasteiger partial charge is 0.262 e. The summed E-state index contributed by atoms with van der Waals surface area (Å²) in [7, 11) is -3.65. The van der Waals surface area contributed by atoms with Crippen LogP contribution in [0.3, 0.4) is 0 Å². The van der Waals surface area contributed by atoms with Crippen LogP contribution in [0, 0.1) is 10.5 Å². The van der Waals surface area contributed by atoms with Crippen molar-refractivity contribution in [2.75, 3.05) is 10.5 Å². The topological polar surface area (TPSA) is 72.2 Å². The number of nitrogens with two attached hydrogens (primary N) is 1. The summed E-state index contributed by atoms with van der Waals surface area (Å²) in [4.78, 5) is 0.178. The van der Waals surface area contributed by atoms with E-state index in [9.17, 15) is 8.42 Å². The SMILES string of the molecule is Cc1cc(Br)c(N)cc1S(=O)(=O)Nc1ccc(I)cc1. The summed E-state index contributed by atoms with van der Waals surface area (Å²) >= 11 is 5.44. The number of halogens is 2. The van der Waals surface area contributed by atoms with Gasteiger partial charge in [-0.05, 0) is 87.4 Å². The molecule has 0 spiro atoms. The van der Waals surface area contributed by atoms with Crippen LogP contribution in [0.4, 0.5) is 11.4 Å². The summed E-state index contributed by atoms with van der Waals surface area (Å²) in [5, 5.41) is 0. The van der Waals surface area contributed by atoms with Crippen LogP contribution < -0.4 is 10.5 Å². The number of anilines is 2. The lowest BCUT2D eigenvalue weighted by Crippen LogP contribution is -2.14. The molecule has 0 aliphatic rings. The largest absolute Gasteiger partial charge is 0.398 e. The highest BCUT2D eigenvalue weighted by atomic mass is 127. The van der Waals surface area contributed by atoms with Gasteiger partial charge in [0.15, 0.2) is 0 Å². The van der Waals surface area contributed by atoms with Crippen LogP contribution in [0.5, 0.6) is 0 Å². The molecule has 0 saturated carbocycles. The zero-order valence-electron chi connectivity index (χ0n) is 10.5. The Morgan fingerprint density at radius 3 is 2.40 bits per heavy atom. The second kappa shape index (κ2) is 5.90. The highest BCUT2D eigenvalue weighted by Crippen LogP contribution is 2.28. The van der Waals surface area contributed by atoms with E-state index in [-0.39, 0.29) is 4.90 Å². The molecule has 0 saturated heterocycles. The number of rotatable bonds is 3. The number of aryl methyl sites for hydroxylation is 1. The highest BCUT2D eigenvalue weighted by molar-refractivity contribution is 14.1. The van der Waals surface area contributed by atoms with Crippen molar-refractivity contribution in [2.24, 2.45) is 0 Å². The van der Waals surface area contributed by atoms with Crippen molar-refractivity contribution >= 4 is 59.9 Å². The summed E-state index contributed by atoms with van der Waals surface area (Å²) in [6.07, 6.45) is 0. The number of hydrogen-bond donors (Lipinski definition) is 2. The van der Waals surface area contributed by atoms with E-state index >= 15 is 0 Å². The third kappa shape index (κ3) is 3.44. The molecule has 0 aromatic heterocycles. The zero-order chi connectivity index (χ0) is 14.9. The van der Waals surface area contributed by atoms with Crippen LogP contribution >= 0.6 is 38.5 Å². The van der Waals surface area contributed by atoms with E-state index < -0.39 is 10.0 Å². The molecule has 106 valence electrons. The fourth-order valence-corrected chi connectivity index (χ4v) is 3.82. The van der Waals surface area contributed by atoms with Gasteiger partial charge in [-0.15, -0.1) is 0 Å². The van der Waals surface area contributed by atoms with Gasteiger partial charge in [0.05, 0.1) is 4.90 Å².